The van der Waals surface area contributed by atoms with Gasteiger partial charge in [-0.25, -0.2) is 0 Å². The highest BCUT2D eigenvalue weighted by atomic mass is 35.5. The molecule has 18 heavy (non-hydrogen) atoms. The molecule has 1 rings (SSSR count). The third-order valence-corrected chi connectivity index (χ3v) is 3.99. The van der Waals surface area contributed by atoms with Gasteiger partial charge in [-0.3, -0.25) is 4.79 Å². The molecule has 0 aliphatic rings. The third-order valence-electron chi connectivity index (χ3n) is 2.35. The van der Waals surface area contributed by atoms with Gasteiger partial charge in [0.05, 0.1) is 6.61 Å². The molecule has 1 aromatic rings. The van der Waals surface area contributed by atoms with Crippen molar-refractivity contribution in [2.75, 3.05) is 12.4 Å². The minimum Gasteiger partial charge on any atom is -0.494 e. The lowest BCUT2D eigenvalue weighted by molar-refractivity contribution is -0.138. The van der Waals surface area contributed by atoms with Crippen LogP contribution in [0.15, 0.2) is 24.3 Å². The molecule has 0 aromatic heterocycles. The second kappa shape index (κ2) is 6.90. The first-order chi connectivity index (χ1) is 8.42. The molecule has 100 valence electrons. The zero-order chi connectivity index (χ0) is 13.6. The maximum absolute atomic E-state index is 10.9. The molecule has 0 fully saturated rings. The van der Waals surface area contributed by atoms with Gasteiger partial charge >= 0.3 is 5.97 Å². The van der Waals surface area contributed by atoms with Crippen molar-refractivity contribution in [3.63, 3.8) is 0 Å². The molecule has 0 atom stereocenters. The van der Waals surface area contributed by atoms with Crippen molar-refractivity contribution in [2.24, 2.45) is 0 Å². The van der Waals surface area contributed by atoms with Gasteiger partial charge in [0.2, 0.25) is 0 Å². The standard InChI is InChI=1S/C13H17ClO3S/c1-13(2,12(15)16)18-9-3-8-17-11-6-4-10(14)5-7-11/h4-7H,3,8-9H2,1-2H3,(H,15,16). The fourth-order valence-corrected chi connectivity index (χ4v) is 2.19. The molecule has 5 heteroatoms. The van der Waals surface area contributed by atoms with Crippen LogP contribution in [0.3, 0.4) is 0 Å². The second-order valence-corrected chi connectivity index (χ2v) is 6.47. The molecule has 1 N–H and O–H groups in total. The Morgan fingerprint density at radius 2 is 2.00 bits per heavy atom. The fourth-order valence-electron chi connectivity index (χ4n) is 1.17. The molecule has 0 bridgehead atoms. The van der Waals surface area contributed by atoms with E-state index in [1.807, 2.05) is 12.1 Å². The SMILES string of the molecule is CC(C)(SCCCOc1ccc(Cl)cc1)C(=O)O. The Morgan fingerprint density at radius 1 is 1.39 bits per heavy atom. The number of hydrogen-bond donors (Lipinski definition) is 1. The first-order valence-corrected chi connectivity index (χ1v) is 7.04. The number of aliphatic carboxylic acids is 1. The molecule has 0 unspecified atom stereocenters. The van der Waals surface area contributed by atoms with Gasteiger partial charge in [0.25, 0.3) is 0 Å². The van der Waals surface area contributed by atoms with Gasteiger partial charge in [-0.15, -0.1) is 11.8 Å². The highest BCUT2D eigenvalue weighted by Gasteiger charge is 2.26. The zero-order valence-corrected chi connectivity index (χ0v) is 12.1. The lowest BCUT2D eigenvalue weighted by Crippen LogP contribution is -2.27. The smallest absolute Gasteiger partial charge is 0.319 e. The van der Waals surface area contributed by atoms with Crippen LogP contribution in [0.25, 0.3) is 0 Å². The van der Waals surface area contributed by atoms with Crippen LogP contribution in [0.1, 0.15) is 20.3 Å². The number of carboxylic acid groups (broad SMARTS) is 1. The summed E-state index contributed by atoms with van der Waals surface area (Å²) in [5.41, 5.74) is 0. The summed E-state index contributed by atoms with van der Waals surface area (Å²) in [5, 5.41) is 9.62. The molecule has 0 amide bonds. The molecule has 0 heterocycles. The number of halogens is 1. The summed E-state index contributed by atoms with van der Waals surface area (Å²) in [5.74, 6) is 0.750. The molecule has 3 nitrogen and oxygen atoms in total. The van der Waals surface area contributed by atoms with Crippen molar-refractivity contribution in [1.82, 2.24) is 0 Å². The van der Waals surface area contributed by atoms with Gasteiger partial charge in [-0.05, 0) is 50.3 Å². The average Bonchev–Trinajstić information content (AvgIpc) is 2.31. The fraction of sp³-hybridized carbons (Fsp3) is 0.462. The largest absolute Gasteiger partial charge is 0.494 e. The van der Waals surface area contributed by atoms with Crippen molar-refractivity contribution in [3.8, 4) is 5.75 Å². The van der Waals surface area contributed by atoms with Crippen molar-refractivity contribution >= 4 is 29.3 Å². The number of carboxylic acids is 1. The van der Waals surface area contributed by atoms with Gasteiger partial charge in [0.15, 0.2) is 0 Å². The predicted octanol–water partition coefficient (Wildman–Crippen LogP) is 3.71. The van der Waals surface area contributed by atoms with Crippen LogP contribution in [-0.4, -0.2) is 28.2 Å². The minimum atomic E-state index is -0.786. The van der Waals surface area contributed by atoms with Crippen LogP contribution in [0.4, 0.5) is 0 Å². The molecule has 1 aromatic carbocycles. The number of carbonyl (C=O) groups is 1. The van der Waals surface area contributed by atoms with Crippen LogP contribution in [0, 0.1) is 0 Å². The second-order valence-electron chi connectivity index (χ2n) is 4.32. The lowest BCUT2D eigenvalue weighted by atomic mass is 10.2. The minimum absolute atomic E-state index is 0.574. The van der Waals surface area contributed by atoms with Crippen LogP contribution in [0.5, 0.6) is 5.75 Å². The van der Waals surface area contributed by atoms with E-state index in [1.54, 1.807) is 26.0 Å². The van der Waals surface area contributed by atoms with E-state index in [9.17, 15) is 4.79 Å². The molecular weight excluding hydrogens is 272 g/mol. The first-order valence-electron chi connectivity index (χ1n) is 5.67. The maximum atomic E-state index is 10.9. The summed E-state index contributed by atoms with van der Waals surface area (Å²) in [6.07, 6.45) is 0.810. The summed E-state index contributed by atoms with van der Waals surface area (Å²) in [6.45, 7) is 3.99. The number of benzene rings is 1. The van der Waals surface area contributed by atoms with Crippen molar-refractivity contribution in [2.45, 2.75) is 25.0 Å². The van der Waals surface area contributed by atoms with Crippen LogP contribution >= 0.6 is 23.4 Å². The average molecular weight is 289 g/mol. The van der Waals surface area contributed by atoms with Crippen LogP contribution in [0.2, 0.25) is 5.02 Å². The zero-order valence-electron chi connectivity index (χ0n) is 10.5. The van der Waals surface area contributed by atoms with Crippen LogP contribution in [-0.2, 0) is 4.79 Å². The molecule has 0 radical (unpaired) electrons. The Labute approximate surface area is 116 Å². The van der Waals surface area contributed by atoms with Crippen molar-refractivity contribution in [3.05, 3.63) is 29.3 Å². The molecule has 0 saturated heterocycles. The van der Waals surface area contributed by atoms with Gasteiger partial charge in [-0.1, -0.05) is 11.6 Å². The maximum Gasteiger partial charge on any atom is 0.319 e. The Hall–Kier alpha value is -0.870. The van der Waals surface area contributed by atoms with E-state index < -0.39 is 10.7 Å². The first kappa shape index (κ1) is 15.2. The van der Waals surface area contributed by atoms with Crippen LogP contribution < -0.4 is 4.74 Å². The van der Waals surface area contributed by atoms with Crippen molar-refractivity contribution < 1.29 is 14.6 Å². The predicted molar refractivity (Wildman–Crippen MR) is 75.7 cm³/mol. The summed E-state index contributed by atoms with van der Waals surface area (Å²) in [4.78, 5) is 10.9. The Balaban J connectivity index is 2.20. The number of ether oxygens (including phenoxy) is 1. The van der Waals surface area contributed by atoms with E-state index in [0.717, 1.165) is 17.9 Å². The molecular formula is C13H17ClO3S. The van der Waals surface area contributed by atoms with Gasteiger partial charge in [-0.2, -0.15) is 0 Å². The Kier molecular flexibility index (Phi) is 5.82. The monoisotopic (exact) mass is 288 g/mol. The number of thioether (sulfide) groups is 1. The van der Waals surface area contributed by atoms with E-state index in [4.69, 9.17) is 21.4 Å². The summed E-state index contributed by atoms with van der Waals surface area (Å²) >= 11 is 7.18. The summed E-state index contributed by atoms with van der Waals surface area (Å²) in [7, 11) is 0. The van der Waals surface area contributed by atoms with Gasteiger partial charge in [0, 0.05) is 5.02 Å². The summed E-state index contributed by atoms with van der Waals surface area (Å²) in [6, 6.07) is 7.19. The van der Waals surface area contributed by atoms with E-state index in [0.29, 0.717) is 11.6 Å². The summed E-state index contributed by atoms with van der Waals surface area (Å²) < 4.78 is 4.78. The molecule has 0 spiro atoms. The van der Waals surface area contributed by atoms with E-state index in [-0.39, 0.29) is 0 Å². The Morgan fingerprint density at radius 3 is 2.56 bits per heavy atom. The molecule has 0 aliphatic heterocycles. The highest BCUT2D eigenvalue weighted by Crippen LogP contribution is 2.25. The quantitative estimate of drug-likeness (QED) is 0.777. The molecule has 0 aliphatic carbocycles. The Bertz CT molecular complexity index is 390. The van der Waals surface area contributed by atoms with Gasteiger partial charge < -0.3 is 9.84 Å². The molecule has 0 saturated carbocycles. The third kappa shape index (κ3) is 5.19. The van der Waals surface area contributed by atoms with E-state index in [1.165, 1.54) is 11.8 Å². The van der Waals surface area contributed by atoms with E-state index >= 15 is 0 Å². The lowest BCUT2D eigenvalue weighted by Gasteiger charge is -2.18. The topological polar surface area (TPSA) is 46.5 Å². The van der Waals surface area contributed by atoms with Gasteiger partial charge in [0.1, 0.15) is 10.5 Å². The number of rotatable bonds is 7. The van der Waals surface area contributed by atoms with E-state index in [2.05, 4.69) is 0 Å². The number of hydrogen-bond acceptors (Lipinski definition) is 3. The normalized spacial score (nSPS) is 11.3. The van der Waals surface area contributed by atoms with Crippen molar-refractivity contribution in [1.29, 1.82) is 0 Å². The highest BCUT2D eigenvalue weighted by molar-refractivity contribution is 8.01.